The number of hydrogen-bond acceptors (Lipinski definition) is 5. The van der Waals surface area contributed by atoms with E-state index in [0.29, 0.717) is 31.3 Å². The van der Waals surface area contributed by atoms with Crippen LogP contribution in [-0.2, 0) is 16.1 Å². The van der Waals surface area contributed by atoms with Gasteiger partial charge in [0, 0.05) is 31.4 Å². The molecule has 0 aliphatic carbocycles. The van der Waals surface area contributed by atoms with E-state index in [-0.39, 0.29) is 18.6 Å². The Morgan fingerprint density at radius 2 is 2.19 bits per heavy atom. The van der Waals surface area contributed by atoms with Crippen molar-refractivity contribution in [1.29, 1.82) is 0 Å². The maximum Gasteiger partial charge on any atom is 0.258 e. The highest BCUT2D eigenvalue weighted by Crippen LogP contribution is 2.30. The first-order valence-corrected chi connectivity index (χ1v) is 7.10. The molecule has 0 saturated carbocycles. The first kappa shape index (κ1) is 15.6. The van der Waals surface area contributed by atoms with Crippen molar-refractivity contribution in [2.45, 2.75) is 25.4 Å². The highest BCUT2D eigenvalue weighted by molar-refractivity contribution is 5.78. The van der Waals surface area contributed by atoms with Crippen LogP contribution >= 0.6 is 0 Å². The van der Waals surface area contributed by atoms with Crippen LogP contribution in [0.3, 0.4) is 0 Å². The lowest BCUT2D eigenvalue weighted by Crippen LogP contribution is -2.41. The van der Waals surface area contributed by atoms with Gasteiger partial charge in [-0.05, 0) is 18.9 Å². The molecule has 1 aliphatic rings. The Morgan fingerprint density at radius 3 is 2.86 bits per heavy atom. The molecular weight excluding hydrogens is 272 g/mol. The first-order chi connectivity index (χ1) is 10.2. The number of carbonyl (C=O) groups is 1. The van der Waals surface area contributed by atoms with Gasteiger partial charge in [-0.1, -0.05) is 12.1 Å². The van der Waals surface area contributed by atoms with Gasteiger partial charge >= 0.3 is 0 Å². The van der Waals surface area contributed by atoms with Crippen LogP contribution in [-0.4, -0.2) is 38.9 Å². The summed E-state index contributed by atoms with van der Waals surface area (Å²) in [6.07, 6.45) is 1.68. The van der Waals surface area contributed by atoms with Crippen molar-refractivity contribution in [3.8, 4) is 11.5 Å². The van der Waals surface area contributed by atoms with Gasteiger partial charge in [0.1, 0.15) is 0 Å². The number of para-hydroxylation sites is 1. The smallest absolute Gasteiger partial charge is 0.258 e. The summed E-state index contributed by atoms with van der Waals surface area (Å²) < 4.78 is 16.1. The van der Waals surface area contributed by atoms with Gasteiger partial charge in [0.05, 0.1) is 7.11 Å². The van der Waals surface area contributed by atoms with Gasteiger partial charge in [0.2, 0.25) is 0 Å². The van der Waals surface area contributed by atoms with Gasteiger partial charge in [-0.3, -0.25) is 4.79 Å². The minimum absolute atomic E-state index is 0.0509. The molecule has 1 heterocycles. The van der Waals surface area contributed by atoms with Gasteiger partial charge in [0.15, 0.2) is 18.1 Å². The molecule has 2 rings (SSSR count). The summed E-state index contributed by atoms with van der Waals surface area (Å²) in [5, 5.41) is 2.95. The second kappa shape index (κ2) is 7.85. The maximum absolute atomic E-state index is 11.9. The third-order valence-electron chi connectivity index (χ3n) is 3.43. The zero-order valence-electron chi connectivity index (χ0n) is 12.3. The average Bonchev–Trinajstić information content (AvgIpc) is 2.53. The number of ether oxygens (including phenoxy) is 3. The fourth-order valence-electron chi connectivity index (χ4n) is 2.30. The Kier molecular flexibility index (Phi) is 5.83. The topological polar surface area (TPSA) is 82.8 Å². The zero-order valence-corrected chi connectivity index (χ0v) is 12.3. The van der Waals surface area contributed by atoms with Crippen molar-refractivity contribution in [3.63, 3.8) is 0 Å². The van der Waals surface area contributed by atoms with Gasteiger partial charge in [-0.2, -0.15) is 0 Å². The molecule has 116 valence electrons. The van der Waals surface area contributed by atoms with E-state index in [0.717, 1.165) is 18.4 Å². The molecule has 1 amide bonds. The van der Waals surface area contributed by atoms with E-state index in [1.807, 2.05) is 12.1 Å². The van der Waals surface area contributed by atoms with Crippen molar-refractivity contribution in [1.82, 2.24) is 5.32 Å². The molecule has 0 aromatic heterocycles. The number of rotatable bonds is 6. The van der Waals surface area contributed by atoms with Crippen molar-refractivity contribution >= 4 is 5.91 Å². The summed E-state index contributed by atoms with van der Waals surface area (Å²) in [5.41, 5.74) is 6.49. The molecule has 1 aromatic carbocycles. The highest BCUT2D eigenvalue weighted by Gasteiger charge is 2.17. The summed E-state index contributed by atoms with van der Waals surface area (Å²) in [6.45, 7) is 1.66. The molecule has 1 fully saturated rings. The Hall–Kier alpha value is -1.79. The number of hydrogen-bond donors (Lipinski definition) is 2. The first-order valence-electron chi connectivity index (χ1n) is 7.10. The number of methoxy groups -OCH3 is 1. The highest BCUT2D eigenvalue weighted by atomic mass is 16.5. The van der Waals surface area contributed by atoms with Crippen LogP contribution in [0.5, 0.6) is 11.5 Å². The molecule has 6 nitrogen and oxygen atoms in total. The molecule has 6 heteroatoms. The van der Waals surface area contributed by atoms with Gasteiger partial charge in [-0.15, -0.1) is 0 Å². The average molecular weight is 294 g/mol. The van der Waals surface area contributed by atoms with E-state index in [4.69, 9.17) is 19.9 Å². The minimum atomic E-state index is -0.143. The number of nitrogens with two attached hydrogens (primary N) is 1. The summed E-state index contributed by atoms with van der Waals surface area (Å²) >= 11 is 0. The largest absolute Gasteiger partial charge is 0.493 e. The second-order valence-electron chi connectivity index (χ2n) is 4.90. The second-order valence-corrected chi connectivity index (χ2v) is 4.90. The van der Waals surface area contributed by atoms with Gasteiger partial charge < -0.3 is 25.3 Å². The van der Waals surface area contributed by atoms with Crippen LogP contribution in [0, 0.1) is 0 Å². The molecule has 0 radical (unpaired) electrons. The van der Waals surface area contributed by atoms with E-state index < -0.39 is 0 Å². The van der Waals surface area contributed by atoms with E-state index in [1.54, 1.807) is 13.2 Å². The standard InChI is InChI=1S/C15H22N2O4/c1-19-13-4-2-3-11(9-16)15(13)21-10-14(18)17-12-5-7-20-8-6-12/h2-4,12H,5-10,16H2,1H3,(H,17,18). The van der Waals surface area contributed by atoms with E-state index >= 15 is 0 Å². The summed E-state index contributed by atoms with van der Waals surface area (Å²) in [7, 11) is 1.56. The predicted molar refractivity (Wildman–Crippen MR) is 78.4 cm³/mol. The Balaban J connectivity index is 1.91. The van der Waals surface area contributed by atoms with Crippen LogP contribution in [0.4, 0.5) is 0 Å². The molecule has 0 atom stereocenters. The predicted octanol–water partition coefficient (Wildman–Crippen LogP) is 0.828. The maximum atomic E-state index is 11.9. The monoisotopic (exact) mass is 294 g/mol. The molecular formula is C15H22N2O4. The summed E-state index contributed by atoms with van der Waals surface area (Å²) in [5.74, 6) is 0.970. The van der Waals surface area contributed by atoms with Crippen LogP contribution in [0.15, 0.2) is 18.2 Å². The molecule has 1 saturated heterocycles. The number of amides is 1. The quantitative estimate of drug-likeness (QED) is 0.812. The van der Waals surface area contributed by atoms with Crippen LogP contribution in [0.25, 0.3) is 0 Å². The number of carbonyl (C=O) groups excluding carboxylic acids is 1. The number of nitrogens with one attached hydrogen (secondary N) is 1. The molecule has 21 heavy (non-hydrogen) atoms. The lowest BCUT2D eigenvalue weighted by Gasteiger charge is -2.23. The Labute approximate surface area is 124 Å². The summed E-state index contributed by atoms with van der Waals surface area (Å²) in [4.78, 5) is 11.9. The Morgan fingerprint density at radius 1 is 1.43 bits per heavy atom. The van der Waals surface area contributed by atoms with E-state index in [2.05, 4.69) is 5.32 Å². The van der Waals surface area contributed by atoms with Crippen molar-refractivity contribution < 1.29 is 19.0 Å². The summed E-state index contributed by atoms with van der Waals surface area (Å²) in [6, 6.07) is 5.65. The SMILES string of the molecule is COc1cccc(CN)c1OCC(=O)NC1CCOCC1. The molecule has 0 bridgehead atoms. The fourth-order valence-corrected chi connectivity index (χ4v) is 2.30. The third-order valence-corrected chi connectivity index (χ3v) is 3.43. The molecule has 1 aliphatic heterocycles. The van der Waals surface area contributed by atoms with Gasteiger partial charge in [0.25, 0.3) is 5.91 Å². The van der Waals surface area contributed by atoms with Crippen LogP contribution in [0.1, 0.15) is 18.4 Å². The zero-order chi connectivity index (χ0) is 15.1. The minimum Gasteiger partial charge on any atom is -0.493 e. The lowest BCUT2D eigenvalue weighted by molar-refractivity contribution is -0.124. The van der Waals surface area contributed by atoms with Crippen LogP contribution < -0.4 is 20.5 Å². The van der Waals surface area contributed by atoms with E-state index in [1.165, 1.54) is 0 Å². The Bertz CT molecular complexity index is 450. The van der Waals surface area contributed by atoms with Crippen LogP contribution in [0.2, 0.25) is 0 Å². The molecule has 0 spiro atoms. The van der Waals surface area contributed by atoms with Crippen molar-refractivity contribution in [2.75, 3.05) is 26.9 Å². The lowest BCUT2D eigenvalue weighted by atomic mass is 10.1. The fraction of sp³-hybridized carbons (Fsp3) is 0.533. The normalized spacial score (nSPS) is 15.5. The van der Waals surface area contributed by atoms with Crippen molar-refractivity contribution in [2.24, 2.45) is 5.73 Å². The molecule has 3 N–H and O–H groups in total. The third kappa shape index (κ3) is 4.34. The van der Waals surface area contributed by atoms with Crippen molar-refractivity contribution in [3.05, 3.63) is 23.8 Å². The number of benzene rings is 1. The van der Waals surface area contributed by atoms with E-state index in [9.17, 15) is 4.79 Å². The van der Waals surface area contributed by atoms with Gasteiger partial charge in [-0.25, -0.2) is 0 Å². The molecule has 1 aromatic rings. The molecule has 0 unspecified atom stereocenters.